The van der Waals surface area contributed by atoms with Crippen molar-refractivity contribution >= 4 is 34.9 Å². The maximum Gasteiger partial charge on any atom is 0.349 e. The summed E-state index contributed by atoms with van der Waals surface area (Å²) in [6.45, 7) is 9.15. The second kappa shape index (κ2) is 22.9. The highest BCUT2D eigenvalue weighted by atomic mass is 16.5. The number of hydrogen-bond donors (Lipinski definition) is 0. The zero-order valence-corrected chi connectivity index (χ0v) is 33.9. The molecule has 0 aromatic carbocycles. The fraction of sp³-hybridized carbons (Fsp3) is 0.370. The molecule has 0 aliphatic heterocycles. The first kappa shape index (κ1) is 45.0. The molecule has 2 unspecified atom stereocenters. The molecule has 4 aromatic heterocycles. The second-order valence-corrected chi connectivity index (χ2v) is 13.9. The molecular weight excluding hydrogens is 749 g/mol. The number of esters is 2. The number of unbranched alkanes of at least 4 members (excludes halogenated alkanes) is 2. The van der Waals surface area contributed by atoms with Crippen molar-refractivity contribution in [3.63, 3.8) is 0 Å². The van der Waals surface area contributed by atoms with Crippen LogP contribution < -0.4 is 0 Å². The lowest BCUT2D eigenvalue weighted by Gasteiger charge is -2.20. The average molecular weight is 797 g/mol. The molecule has 0 fully saturated rings. The van der Waals surface area contributed by atoms with E-state index in [0.717, 1.165) is 38.5 Å². The first-order valence-corrected chi connectivity index (χ1v) is 19.9. The zero-order valence-electron chi connectivity index (χ0n) is 33.9. The van der Waals surface area contributed by atoms with Gasteiger partial charge in [0.15, 0.2) is 11.6 Å². The molecule has 0 spiro atoms. The van der Waals surface area contributed by atoms with Crippen molar-refractivity contribution in [2.75, 3.05) is 13.2 Å². The molecule has 13 nitrogen and oxygen atoms in total. The first-order valence-electron chi connectivity index (χ1n) is 19.9. The van der Waals surface area contributed by atoms with Crippen LogP contribution in [0.4, 0.5) is 0 Å². The lowest BCUT2D eigenvalue weighted by molar-refractivity contribution is -0.144. The van der Waals surface area contributed by atoms with Crippen LogP contribution in [0.2, 0.25) is 0 Å². The van der Waals surface area contributed by atoms with Gasteiger partial charge in [0.1, 0.15) is 29.5 Å². The molecular formula is C46H48N6O7. The number of hydrogen-bond acceptors (Lipinski definition) is 13. The predicted molar refractivity (Wildman–Crippen MR) is 218 cm³/mol. The van der Waals surface area contributed by atoms with E-state index in [1.165, 1.54) is 37.6 Å². The maximum absolute atomic E-state index is 12.8. The highest BCUT2D eigenvalue weighted by molar-refractivity contribution is 6.26. The number of nitriles is 2. The standard InChI is InChI=1S/C23H23N3O3.C12H6N2O2.C11H19NO2/c1-3-5-8-15(4-2)14-29-23(28)18(13-24)19-20-16(9-6-11-25-20)22(27)17-10-7-12-26-21(17)19;15-11-7-3-1-5-13-9(7)12(16)10-8(11)4-2-6-14-10;1-3-5-6-10(4-2)9-14-11(13)7-8-12/h6-7,9-12,15H,3-5,8,14H2,1-2H3;1-6H;10H,3-7,9H2,1-2H3. The summed E-state index contributed by atoms with van der Waals surface area (Å²) < 4.78 is 10.5. The molecule has 13 heteroatoms. The van der Waals surface area contributed by atoms with Crippen molar-refractivity contribution < 1.29 is 33.4 Å². The van der Waals surface area contributed by atoms with Crippen molar-refractivity contribution in [1.29, 1.82) is 10.5 Å². The van der Waals surface area contributed by atoms with Crippen LogP contribution in [-0.4, -0.2) is 62.4 Å². The van der Waals surface area contributed by atoms with Gasteiger partial charge in [-0.2, -0.15) is 10.5 Å². The summed E-state index contributed by atoms with van der Waals surface area (Å²) in [5.74, 6) is -1.10. The SMILES string of the molecule is CCCCC(CC)COC(=O)C(C#N)=C1c2ncccc2C(=O)c2cccnc21.CCCCC(CC)COC(=O)CC#N.O=C1c2cccnc2C(=O)c2ncccc21. The highest BCUT2D eigenvalue weighted by Crippen LogP contribution is 2.35. The van der Waals surface area contributed by atoms with Crippen LogP contribution in [0.15, 0.2) is 78.9 Å². The van der Waals surface area contributed by atoms with E-state index in [1.54, 1.807) is 54.6 Å². The number of fused-ring (bicyclic) bond motifs is 4. The van der Waals surface area contributed by atoms with E-state index in [0.29, 0.717) is 34.8 Å². The Bertz CT molecular complexity index is 2110. The van der Waals surface area contributed by atoms with E-state index < -0.39 is 11.9 Å². The minimum atomic E-state index is -0.708. The van der Waals surface area contributed by atoms with Crippen molar-refractivity contribution in [2.45, 2.75) is 85.5 Å². The molecule has 0 saturated carbocycles. The molecule has 2 aliphatic carbocycles. The maximum atomic E-state index is 12.8. The Balaban J connectivity index is 0.000000216. The number of ketones is 3. The van der Waals surface area contributed by atoms with Gasteiger partial charge in [-0.3, -0.25) is 39.1 Å². The molecule has 0 amide bonds. The van der Waals surface area contributed by atoms with Crippen LogP contribution >= 0.6 is 0 Å². The van der Waals surface area contributed by atoms with Crippen molar-refractivity contribution in [3.05, 3.63) is 124 Å². The first-order chi connectivity index (χ1) is 28.6. The Morgan fingerprint density at radius 2 is 1.02 bits per heavy atom. The molecule has 2 atom stereocenters. The molecule has 0 saturated heterocycles. The van der Waals surface area contributed by atoms with Gasteiger partial charge in [0.2, 0.25) is 5.78 Å². The summed E-state index contributed by atoms with van der Waals surface area (Å²) in [4.78, 5) is 76.9. The van der Waals surface area contributed by atoms with E-state index in [4.69, 9.17) is 14.7 Å². The van der Waals surface area contributed by atoms with Crippen molar-refractivity contribution in [2.24, 2.45) is 11.8 Å². The number of pyridine rings is 4. The largest absolute Gasteiger partial charge is 0.465 e. The van der Waals surface area contributed by atoms with Crippen LogP contribution in [0.3, 0.4) is 0 Å². The van der Waals surface area contributed by atoms with Gasteiger partial charge < -0.3 is 9.47 Å². The van der Waals surface area contributed by atoms with E-state index >= 15 is 0 Å². The number of carbonyl (C=O) groups is 5. The highest BCUT2D eigenvalue weighted by Gasteiger charge is 2.34. The Labute approximate surface area is 344 Å². The summed E-state index contributed by atoms with van der Waals surface area (Å²) in [5.41, 5.74) is 2.44. The molecule has 0 bridgehead atoms. The van der Waals surface area contributed by atoms with Crippen LogP contribution in [-0.2, 0) is 19.1 Å². The third kappa shape index (κ3) is 11.4. The van der Waals surface area contributed by atoms with Crippen LogP contribution in [0.25, 0.3) is 5.57 Å². The molecule has 0 radical (unpaired) electrons. The lowest BCUT2D eigenvalue weighted by Crippen LogP contribution is -2.23. The molecule has 59 heavy (non-hydrogen) atoms. The van der Waals surface area contributed by atoms with E-state index in [1.807, 2.05) is 6.07 Å². The smallest absolute Gasteiger partial charge is 0.349 e. The average Bonchev–Trinajstić information content (AvgIpc) is 3.27. The minimum absolute atomic E-state index is 0.135. The zero-order chi connectivity index (χ0) is 42.7. The summed E-state index contributed by atoms with van der Waals surface area (Å²) in [6.07, 6.45) is 14.4. The number of rotatable bonds is 14. The van der Waals surface area contributed by atoms with E-state index in [9.17, 15) is 29.2 Å². The molecule has 4 aromatic rings. The second-order valence-electron chi connectivity index (χ2n) is 13.9. The van der Waals surface area contributed by atoms with Gasteiger partial charge in [-0.25, -0.2) is 4.79 Å². The number of aromatic nitrogens is 4. The van der Waals surface area contributed by atoms with Crippen LogP contribution in [0.1, 0.15) is 145 Å². The van der Waals surface area contributed by atoms with Gasteiger partial charge in [-0.1, -0.05) is 66.2 Å². The van der Waals surface area contributed by atoms with Crippen LogP contribution in [0, 0.1) is 34.5 Å². The quantitative estimate of drug-likeness (QED) is 0.0583. The molecule has 2 aliphatic rings. The topological polar surface area (TPSA) is 203 Å². The fourth-order valence-corrected chi connectivity index (χ4v) is 6.46. The summed E-state index contributed by atoms with van der Waals surface area (Å²) >= 11 is 0. The Morgan fingerprint density at radius 1 is 0.610 bits per heavy atom. The van der Waals surface area contributed by atoms with Crippen molar-refractivity contribution in [1.82, 2.24) is 19.9 Å². The Morgan fingerprint density at radius 3 is 1.41 bits per heavy atom. The van der Waals surface area contributed by atoms with E-state index in [2.05, 4.69) is 47.6 Å². The molecule has 4 heterocycles. The van der Waals surface area contributed by atoms with E-state index in [-0.39, 0.29) is 70.2 Å². The summed E-state index contributed by atoms with van der Waals surface area (Å²) in [5, 5.41) is 18.0. The Hall–Kier alpha value is -6.73. The number of ether oxygens (including phenoxy) is 2. The van der Waals surface area contributed by atoms with Gasteiger partial charge in [0.05, 0.1) is 47.4 Å². The van der Waals surface area contributed by atoms with Crippen LogP contribution in [0.5, 0.6) is 0 Å². The van der Waals surface area contributed by atoms with Crippen molar-refractivity contribution in [3.8, 4) is 12.1 Å². The summed E-state index contributed by atoms with van der Waals surface area (Å²) in [7, 11) is 0. The van der Waals surface area contributed by atoms with Gasteiger partial charge in [0.25, 0.3) is 0 Å². The minimum Gasteiger partial charge on any atom is -0.465 e. The normalized spacial score (nSPS) is 12.8. The molecule has 0 N–H and O–H groups in total. The fourth-order valence-electron chi connectivity index (χ4n) is 6.46. The third-order valence-corrected chi connectivity index (χ3v) is 9.92. The van der Waals surface area contributed by atoms with Gasteiger partial charge >= 0.3 is 11.9 Å². The number of nitrogens with zero attached hydrogens (tertiary/aromatic N) is 6. The molecule has 304 valence electrons. The lowest BCUT2D eigenvalue weighted by atomic mass is 9.85. The summed E-state index contributed by atoms with van der Waals surface area (Å²) in [6, 6.07) is 16.8. The monoisotopic (exact) mass is 796 g/mol. The third-order valence-electron chi connectivity index (χ3n) is 9.92. The van der Waals surface area contributed by atoms with Gasteiger partial charge in [-0.15, -0.1) is 0 Å². The number of carbonyl (C=O) groups excluding carboxylic acids is 5. The molecule has 6 rings (SSSR count). The van der Waals surface area contributed by atoms with Gasteiger partial charge in [0, 0.05) is 35.9 Å². The van der Waals surface area contributed by atoms with Gasteiger partial charge in [-0.05, 0) is 73.2 Å². The predicted octanol–water partition coefficient (Wildman–Crippen LogP) is 8.02. The Kier molecular flexibility index (Phi) is 17.4.